The number of aryl methyl sites for hydroxylation is 2. The average Bonchev–Trinajstić information content (AvgIpc) is 2.36. The number of rotatable bonds is 4. The van der Waals surface area contributed by atoms with Crippen LogP contribution < -0.4 is 9.05 Å². The van der Waals surface area contributed by atoms with Crippen molar-refractivity contribution in [2.45, 2.75) is 13.8 Å². The molecule has 0 atom stereocenters. The Morgan fingerprint density at radius 1 is 0.857 bits per heavy atom. The van der Waals surface area contributed by atoms with Crippen LogP contribution in [0.3, 0.4) is 0 Å². The molecular weight excluding hydrogens is 370 g/mol. The lowest BCUT2D eigenvalue weighted by Crippen LogP contribution is -1.97. The van der Waals surface area contributed by atoms with Crippen LogP contribution in [0.15, 0.2) is 36.4 Å². The predicted octanol–water partition coefficient (Wildman–Crippen LogP) is 6.53. The molecule has 0 aliphatic carbocycles. The molecule has 0 N–H and O–H groups in total. The van der Waals surface area contributed by atoms with E-state index in [1.54, 1.807) is 36.4 Å². The van der Waals surface area contributed by atoms with Crippen LogP contribution in [0.2, 0.25) is 10.0 Å². The lowest BCUT2D eigenvalue weighted by Gasteiger charge is -2.19. The molecule has 0 spiro atoms. The summed E-state index contributed by atoms with van der Waals surface area (Å²) in [5.74, 6) is -1.88. The maximum Gasteiger partial charge on any atom is 0.384 e. The third-order valence-electron chi connectivity index (χ3n) is 2.69. The van der Waals surface area contributed by atoms with Gasteiger partial charge in [0, 0.05) is 21.9 Å². The summed E-state index contributed by atoms with van der Waals surface area (Å²) in [5, 5.41) is 1.24. The first-order valence-corrected chi connectivity index (χ1v) is 10.3. The molecule has 0 amide bonds. The van der Waals surface area contributed by atoms with E-state index in [-0.39, 0.29) is 0 Å². The molecule has 0 aliphatic rings. The van der Waals surface area contributed by atoms with E-state index in [1.807, 2.05) is 13.8 Å². The Morgan fingerprint density at radius 3 is 1.57 bits per heavy atom. The number of hydrogen-bond acceptors (Lipinski definition) is 3. The van der Waals surface area contributed by atoms with Crippen LogP contribution in [0.4, 0.5) is 0 Å². The predicted molar refractivity (Wildman–Crippen MR) is 93.8 cm³/mol. The van der Waals surface area contributed by atoms with Gasteiger partial charge in [0.25, 0.3) is 0 Å². The molecule has 0 heterocycles. The Morgan fingerprint density at radius 2 is 1.24 bits per heavy atom. The van der Waals surface area contributed by atoms with Gasteiger partial charge in [-0.2, -0.15) is 0 Å². The number of benzene rings is 2. The molecule has 2 rings (SSSR count). The second-order valence-corrected chi connectivity index (χ2v) is 9.91. The Hall–Kier alpha value is -0.440. The first kappa shape index (κ1) is 16.9. The van der Waals surface area contributed by atoms with Gasteiger partial charge in [-0.1, -0.05) is 23.2 Å². The fourth-order valence-electron chi connectivity index (χ4n) is 1.68. The van der Waals surface area contributed by atoms with Crippen molar-refractivity contribution in [3.63, 3.8) is 0 Å². The van der Waals surface area contributed by atoms with E-state index in [0.29, 0.717) is 21.5 Å². The minimum absolute atomic E-state index is 0.560. The van der Waals surface area contributed by atoms with E-state index in [4.69, 9.17) is 55.3 Å². The molecule has 2 aromatic carbocycles. The van der Waals surface area contributed by atoms with Crippen molar-refractivity contribution >= 4 is 52.1 Å². The first-order valence-electron chi connectivity index (χ1n) is 5.98. The van der Waals surface area contributed by atoms with Crippen molar-refractivity contribution in [3.05, 3.63) is 57.6 Å². The molecule has 0 saturated carbocycles. The summed E-state index contributed by atoms with van der Waals surface area (Å²) >= 11 is 23.3. The van der Waals surface area contributed by atoms with E-state index < -0.39 is 5.84 Å². The van der Waals surface area contributed by atoms with E-state index in [0.717, 1.165) is 11.1 Å². The van der Waals surface area contributed by atoms with Gasteiger partial charge < -0.3 is 9.05 Å². The van der Waals surface area contributed by atoms with Crippen LogP contribution in [-0.4, -0.2) is 0 Å². The zero-order chi connectivity index (χ0) is 15.6. The van der Waals surface area contributed by atoms with Gasteiger partial charge in [-0.25, -0.2) is 0 Å². The van der Waals surface area contributed by atoms with Crippen molar-refractivity contribution in [1.29, 1.82) is 0 Å². The summed E-state index contributed by atoms with van der Waals surface area (Å²) in [6.45, 7) is 3.72. The maximum absolute atomic E-state index is 6.24. The molecule has 0 aromatic heterocycles. The fraction of sp³-hybridized carbons (Fsp3) is 0.143. The number of hydrogen-bond donors (Lipinski definition) is 0. The molecule has 21 heavy (non-hydrogen) atoms. The molecule has 2 aromatic rings. The zero-order valence-electron chi connectivity index (χ0n) is 11.3. The van der Waals surface area contributed by atoms with Gasteiger partial charge in [-0.15, -0.1) is 0 Å². The summed E-state index contributed by atoms with van der Waals surface area (Å²) in [6.07, 6.45) is 0. The van der Waals surface area contributed by atoms with Gasteiger partial charge in [-0.3, -0.25) is 0 Å². The summed E-state index contributed by atoms with van der Waals surface area (Å²) in [4.78, 5) is 0. The van der Waals surface area contributed by atoms with Gasteiger partial charge in [0.05, 0.1) is 0 Å². The second-order valence-electron chi connectivity index (χ2n) is 4.43. The highest BCUT2D eigenvalue weighted by atomic mass is 35.7. The summed E-state index contributed by atoms with van der Waals surface area (Å²) in [6, 6.07) is 10.4. The maximum atomic E-state index is 6.24. The van der Waals surface area contributed by atoms with Crippen LogP contribution in [0.5, 0.6) is 11.5 Å². The minimum atomic E-state index is -3.00. The molecule has 0 fully saturated rings. The first-order chi connectivity index (χ1) is 9.77. The Kier molecular flexibility index (Phi) is 5.45. The molecule has 0 aliphatic heterocycles. The second kappa shape index (κ2) is 6.76. The molecule has 0 radical (unpaired) electrons. The molecule has 0 saturated heterocycles. The van der Waals surface area contributed by atoms with Gasteiger partial charge in [0.1, 0.15) is 11.5 Å². The van der Waals surface area contributed by atoms with Crippen molar-refractivity contribution < 1.29 is 9.05 Å². The largest absolute Gasteiger partial charge is 0.424 e. The highest BCUT2D eigenvalue weighted by Crippen LogP contribution is 2.54. The lowest BCUT2D eigenvalue weighted by molar-refractivity contribution is 0.500. The van der Waals surface area contributed by atoms with E-state index in [9.17, 15) is 0 Å². The highest BCUT2D eigenvalue weighted by molar-refractivity contribution is 8.22. The fourth-order valence-corrected chi connectivity index (χ4v) is 3.98. The van der Waals surface area contributed by atoms with Crippen molar-refractivity contribution in [3.8, 4) is 11.5 Å². The van der Waals surface area contributed by atoms with Gasteiger partial charge in [-0.05, 0) is 72.6 Å². The van der Waals surface area contributed by atoms with Crippen LogP contribution in [-0.2, 0) is 11.8 Å². The van der Waals surface area contributed by atoms with E-state index in [1.165, 1.54) is 0 Å². The van der Waals surface area contributed by atoms with Crippen LogP contribution in [0, 0.1) is 13.8 Å². The molecule has 0 unspecified atom stereocenters. The van der Waals surface area contributed by atoms with Gasteiger partial charge >= 0.3 is 5.84 Å². The third-order valence-corrected chi connectivity index (χ3v) is 4.85. The molecule has 7 heteroatoms. The monoisotopic (exact) mass is 380 g/mol. The summed E-state index contributed by atoms with van der Waals surface area (Å²) < 4.78 is 11.3. The smallest absolute Gasteiger partial charge is 0.384 e. The molecule has 112 valence electrons. The van der Waals surface area contributed by atoms with E-state index >= 15 is 0 Å². The standard InChI is InChI=1S/C14H12Cl3O2PS/c1-9-7-11(15)3-5-13(9)18-20(17,21)19-14-6-4-12(16)8-10(14)2/h3-8H,1-2H3. The van der Waals surface area contributed by atoms with Gasteiger partial charge in [0.15, 0.2) is 0 Å². The Balaban J connectivity index is 2.20. The molecule has 0 bridgehead atoms. The quantitative estimate of drug-likeness (QED) is 0.561. The number of halogens is 3. The van der Waals surface area contributed by atoms with Crippen molar-refractivity contribution in [1.82, 2.24) is 0 Å². The Labute approximate surface area is 143 Å². The molecule has 2 nitrogen and oxygen atoms in total. The van der Waals surface area contributed by atoms with E-state index in [2.05, 4.69) is 0 Å². The van der Waals surface area contributed by atoms with Gasteiger partial charge in [0.2, 0.25) is 0 Å². The normalized spacial score (nSPS) is 11.3. The van der Waals surface area contributed by atoms with Crippen molar-refractivity contribution in [2.75, 3.05) is 0 Å². The summed E-state index contributed by atoms with van der Waals surface area (Å²) in [7, 11) is 0. The third kappa shape index (κ3) is 4.77. The van der Waals surface area contributed by atoms with Crippen LogP contribution in [0.1, 0.15) is 11.1 Å². The van der Waals surface area contributed by atoms with Crippen LogP contribution >= 0.6 is 40.3 Å². The topological polar surface area (TPSA) is 18.5 Å². The average molecular weight is 382 g/mol. The minimum Gasteiger partial charge on any atom is -0.424 e. The van der Waals surface area contributed by atoms with Crippen LogP contribution in [0.25, 0.3) is 0 Å². The zero-order valence-corrected chi connectivity index (χ0v) is 15.2. The Bertz CT molecular complexity index is 664. The SMILES string of the molecule is Cc1cc(Cl)ccc1OP(=S)(Cl)Oc1ccc(Cl)cc1C. The highest BCUT2D eigenvalue weighted by Gasteiger charge is 2.21. The molecular formula is C14H12Cl3O2PS. The van der Waals surface area contributed by atoms with Crippen molar-refractivity contribution in [2.24, 2.45) is 0 Å². The lowest BCUT2D eigenvalue weighted by atomic mass is 10.2. The summed E-state index contributed by atoms with van der Waals surface area (Å²) in [5.41, 5.74) is 1.68.